The molecule has 214 valence electrons. The molecule has 13 heteroatoms. The highest BCUT2D eigenvalue weighted by molar-refractivity contribution is 6.39. The van der Waals surface area contributed by atoms with Gasteiger partial charge in [0.15, 0.2) is 5.92 Å². The van der Waals surface area contributed by atoms with Gasteiger partial charge >= 0.3 is 11.9 Å². The first-order valence-electron chi connectivity index (χ1n) is 12.6. The van der Waals surface area contributed by atoms with Crippen LogP contribution < -0.4 is 15.4 Å². The van der Waals surface area contributed by atoms with E-state index in [0.29, 0.717) is 41.5 Å². The summed E-state index contributed by atoms with van der Waals surface area (Å²) in [7, 11) is 4.30. The zero-order valence-electron chi connectivity index (χ0n) is 22.8. The normalized spacial score (nSPS) is 15.9. The number of pyridine rings is 2. The van der Waals surface area contributed by atoms with Crippen LogP contribution in [0.4, 0.5) is 10.5 Å². The van der Waals surface area contributed by atoms with E-state index in [0.717, 1.165) is 10.5 Å². The van der Waals surface area contributed by atoms with Gasteiger partial charge in [-0.2, -0.15) is 9.69 Å². The maximum atomic E-state index is 13.0. The lowest BCUT2D eigenvalue weighted by Crippen LogP contribution is -2.51. The van der Waals surface area contributed by atoms with Crippen LogP contribution in [0.25, 0.3) is 22.5 Å². The molecule has 0 bridgehead atoms. The topological polar surface area (TPSA) is 137 Å². The van der Waals surface area contributed by atoms with Crippen LogP contribution in [0.3, 0.4) is 0 Å². The van der Waals surface area contributed by atoms with Crippen molar-refractivity contribution in [2.45, 2.75) is 19.6 Å². The number of halogens is 2. The second kappa shape index (κ2) is 12.7. The van der Waals surface area contributed by atoms with Crippen molar-refractivity contribution < 1.29 is 28.8 Å². The van der Waals surface area contributed by atoms with Gasteiger partial charge in [-0.1, -0.05) is 41.4 Å². The summed E-state index contributed by atoms with van der Waals surface area (Å²) in [5, 5.41) is 15.8. The van der Waals surface area contributed by atoms with Crippen LogP contribution in [-0.4, -0.2) is 82.5 Å². The number of urea groups is 1. The van der Waals surface area contributed by atoms with Crippen molar-refractivity contribution >= 4 is 52.9 Å². The van der Waals surface area contributed by atoms with Crippen LogP contribution >= 0.6 is 23.2 Å². The minimum absolute atomic E-state index is 0.165. The fourth-order valence-electron chi connectivity index (χ4n) is 4.27. The maximum Gasteiger partial charge on any atom is 0.499 e. The maximum absolute atomic E-state index is 13.0. The summed E-state index contributed by atoms with van der Waals surface area (Å²) in [6, 6.07) is 9.82. The average Bonchev–Trinajstić information content (AvgIpc) is 2.95. The third-order valence-electron chi connectivity index (χ3n) is 6.40. The first kappa shape index (κ1) is 30.1. The number of carbonyl (C=O) groups excluding carboxylic acids is 3. The summed E-state index contributed by atoms with van der Waals surface area (Å²) in [6.45, 7) is 2.58. The van der Waals surface area contributed by atoms with Gasteiger partial charge in [0.2, 0.25) is 11.8 Å². The monoisotopic (exact) mass is 599 g/mol. The molecule has 2 aromatic heterocycles. The molecule has 0 radical (unpaired) electrons. The van der Waals surface area contributed by atoms with E-state index >= 15 is 0 Å². The summed E-state index contributed by atoms with van der Waals surface area (Å²) in [5.74, 6) is -2.10. The van der Waals surface area contributed by atoms with E-state index in [1.54, 1.807) is 37.4 Å². The quantitative estimate of drug-likeness (QED) is 0.251. The van der Waals surface area contributed by atoms with Crippen molar-refractivity contribution in [1.82, 2.24) is 20.2 Å². The molecule has 1 aliphatic rings. The Morgan fingerprint density at radius 2 is 1.93 bits per heavy atom. The van der Waals surface area contributed by atoms with Crippen molar-refractivity contribution in [1.29, 1.82) is 0 Å². The van der Waals surface area contributed by atoms with Gasteiger partial charge in [0.1, 0.15) is 0 Å². The second-order valence-electron chi connectivity index (χ2n) is 9.44. The molecule has 0 spiro atoms. The highest BCUT2D eigenvalue weighted by Gasteiger charge is 2.43. The summed E-state index contributed by atoms with van der Waals surface area (Å²) >= 11 is 13.5. The minimum Gasteiger partial charge on any atom is -0.481 e. The number of hydrogen-bond donors (Lipinski definition) is 3. The molecule has 0 fully saturated rings. The first-order valence-corrected chi connectivity index (χ1v) is 13.4. The van der Waals surface area contributed by atoms with E-state index < -0.39 is 29.9 Å². The van der Waals surface area contributed by atoms with Crippen LogP contribution in [0, 0.1) is 5.92 Å². The van der Waals surface area contributed by atoms with Crippen molar-refractivity contribution in [3.8, 4) is 28.4 Å². The molecule has 1 unspecified atom stereocenters. The number of amides is 4. The van der Waals surface area contributed by atoms with E-state index in [1.807, 2.05) is 12.1 Å². The Morgan fingerprint density at radius 1 is 1.17 bits per heavy atom. The van der Waals surface area contributed by atoms with Crippen LogP contribution in [0.2, 0.25) is 10.0 Å². The average molecular weight is 600 g/mol. The number of carbonyl (C=O) groups is 3. The van der Waals surface area contributed by atoms with E-state index in [4.69, 9.17) is 27.9 Å². The Bertz CT molecular complexity index is 1540. The fraction of sp³-hybridized carbons (Fsp3) is 0.286. The highest BCUT2D eigenvalue weighted by atomic mass is 35.5. The molecule has 41 heavy (non-hydrogen) atoms. The Kier molecular flexibility index (Phi) is 9.34. The predicted molar refractivity (Wildman–Crippen MR) is 155 cm³/mol. The number of methoxy groups -OCH3 is 1. The number of nitrogens with zero attached hydrogens (tertiary/aromatic N) is 4. The van der Waals surface area contributed by atoms with Gasteiger partial charge in [0, 0.05) is 36.0 Å². The molecule has 4 amide bonds. The van der Waals surface area contributed by atoms with E-state index in [1.165, 1.54) is 32.0 Å². The number of hydrogen-bond acceptors (Lipinski definition) is 8. The summed E-state index contributed by atoms with van der Waals surface area (Å²) < 4.78 is 6.66. The Morgan fingerprint density at radius 3 is 2.63 bits per heavy atom. The second-order valence-corrected chi connectivity index (χ2v) is 10.2. The molecule has 3 aromatic rings. The lowest BCUT2D eigenvalue weighted by molar-refractivity contribution is -0.400. The number of benzene rings is 1. The molecule has 3 heterocycles. The van der Waals surface area contributed by atoms with Crippen LogP contribution in [0.15, 0.2) is 42.6 Å². The number of imide groups is 1. The Labute approximate surface area is 246 Å². The van der Waals surface area contributed by atoms with Crippen LogP contribution in [0.1, 0.15) is 12.5 Å². The third kappa shape index (κ3) is 6.38. The molecule has 11 nitrogen and oxygen atoms in total. The number of ether oxygens (including phenoxy) is 1. The smallest absolute Gasteiger partial charge is 0.481 e. The molecule has 1 aromatic carbocycles. The number of aliphatic hydroxyl groups is 1. The Hall–Kier alpha value is -3.90. The van der Waals surface area contributed by atoms with Gasteiger partial charge in [-0.15, -0.1) is 0 Å². The molecule has 0 saturated heterocycles. The van der Waals surface area contributed by atoms with Crippen molar-refractivity contribution in [3.63, 3.8) is 0 Å². The number of aliphatic hydroxyl groups excluding tert-OH is 1. The summed E-state index contributed by atoms with van der Waals surface area (Å²) in [6.07, 6.45) is 2.35. The van der Waals surface area contributed by atoms with Gasteiger partial charge < -0.3 is 20.5 Å². The molecule has 1 aliphatic heterocycles. The third-order valence-corrected chi connectivity index (χ3v) is 7.19. The van der Waals surface area contributed by atoms with Crippen LogP contribution in [0.5, 0.6) is 5.88 Å². The molecule has 2 atom stereocenters. The molecule has 0 aliphatic carbocycles. The number of nitrogens with one attached hydrogen (secondary N) is 2. The number of anilines is 1. The highest BCUT2D eigenvalue weighted by Crippen LogP contribution is 2.40. The number of rotatable bonds is 9. The molecule has 0 saturated carbocycles. The molecule has 4 rings (SSSR count). The lowest BCUT2D eigenvalue weighted by atomic mass is 10.0. The first-order chi connectivity index (χ1) is 19.5. The van der Waals surface area contributed by atoms with Crippen molar-refractivity contribution in [2.75, 3.05) is 33.1 Å². The zero-order valence-corrected chi connectivity index (χ0v) is 24.3. The number of aromatic nitrogens is 2. The van der Waals surface area contributed by atoms with E-state index in [-0.39, 0.29) is 15.7 Å². The largest absolute Gasteiger partial charge is 0.499 e. The SMILES string of the molecule is COc1nc(-c2ccnc(-c3cccc(NC(=O)C4C=[N+](C)C(=O)N(C)C4=O)c3Cl)c2Cl)ccc1CNC[C@H](C)O. The van der Waals surface area contributed by atoms with Crippen molar-refractivity contribution in [3.05, 3.63) is 58.2 Å². The summed E-state index contributed by atoms with van der Waals surface area (Å²) in [5.41, 5.74) is 3.00. The van der Waals surface area contributed by atoms with E-state index in [2.05, 4.69) is 20.6 Å². The van der Waals surface area contributed by atoms with Crippen molar-refractivity contribution in [2.24, 2.45) is 5.92 Å². The van der Waals surface area contributed by atoms with Gasteiger partial charge in [-0.05, 0) is 25.1 Å². The molecular weight excluding hydrogens is 571 g/mol. The lowest BCUT2D eigenvalue weighted by Gasteiger charge is -2.19. The zero-order chi connectivity index (χ0) is 29.8. The van der Waals surface area contributed by atoms with E-state index in [9.17, 15) is 19.5 Å². The molecule has 3 N–H and O–H groups in total. The Balaban J connectivity index is 1.63. The van der Waals surface area contributed by atoms with Gasteiger partial charge in [-0.3, -0.25) is 9.78 Å². The standard InChI is InChI=1S/C28H28Cl2N6O5/c1-15(37)12-31-13-16-8-9-20(34-26(16)41-4)17-10-11-32-24(23(17)30)18-6-5-7-21(22(18)29)33-25(38)19-14-35(2)28(40)36(3)27(19)39/h5-11,14-15,19,31,37H,12-13H2,1-4H3/p+1/t15-,19?/m0/s1. The van der Waals surface area contributed by atoms with Crippen LogP contribution in [-0.2, 0) is 16.1 Å². The van der Waals surface area contributed by atoms with Gasteiger partial charge in [0.25, 0.3) is 0 Å². The van der Waals surface area contributed by atoms with Gasteiger partial charge in [-0.25, -0.2) is 14.4 Å². The minimum atomic E-state index is -1.21. The fourth-order valence-corrected chi connectivity index (χ4v) is 4.84. The molecular formula is C28H29Cl2N6O5+. The predicted octanol–water partition coefficient (Wildman–Crippen LogP) is 3.46. The van der Waals surface area contributed by atoms with Gasteiger partial charge in [0.05, 0.1) is 60.6 Å². The summed E-state index contributed by atoms with van der Waals surface area (Å²) in [4.78, 5) is 47.5.